The first-order chi connectivity index (χ1) is 15.6. The van der Waals surface area contributed by atoms with E-state index in [-0.39, 0.29) is 29.7 Å². The number of ketones is 1. The minimum Gasteiger partial charge on any atom is -0.332 e. The summed E-state index contributed by atoms with van der Waals surface area (Å²) in [6, 6.07) is 16.5. The number of nitrogens with one attached hydrogen (secondary N) is 1. The zero-order chi connectivity index (χ0) is 24.3. The number of anilines is 1. The van der Waals surface area contributed by atoms with Gasteiger partial charge in [-0.1, -0.05) is 53.6 Å². The fourth-order valence-electron chi connectivity index (χ4n) is 4.04. The van der Waals surface area contributed by atoms with Crippen LogP contribution in [-0.4, -0.2) is 36.1 Å². The third-order valence-electron chi connectivity index (χ3n) is 5.71. The van der Waals surface area contributed by atoms with Gasteiger partial charge >= 0.3 is 0 Å². The zero-order valence-corrected chi connectivity index (χ0v) is 20.1. The van der Waals surface area contributed by atoms with Gasteiger partial charge in [0.25, 0.3) is 5.91 Å². The topological polar surface area (TPSA) is 66.5 Å². The number of carbonyl (C=O) groups excluding carboxylic acids is 3. The van der Waals surface area contributed by atoms with Gasteiger partial charge in [-0.15, -0.1) is 0 Å². The number of benzene rings is 3. The van der Waals surface area contributed by atoms with E-state index in [9.17, 15) is 14.4 Å². The molecule has 0 spiro atoms. The van der Waals surface area contributed by atoms with Crippen molar-refractivity contribution in [2.24, 2.45) is 0 Å². The Kier molecular flexibility index (Phi) is 7.12. The van der Waals surface area contributed by atoms with E-state index < -0.39 is 0 Å². The van der Waals surface area contributed by atoms with Crippen molar-refractivity contribution in [1.29, 1.82) is 0 Å². The lowest BCUT2D eigenvalue weighted by Crippen LogP contribution is -2.36. The zero-order valence-electron chi connectivity index (χ0n) is 20.1. The van der Waals surface area contributed by atoms with Crippen molar-refractivity contribution >= 4 is 23.3 Å². The molecule has 2 amide bonds. The standard InChI is InChI=1S/C28H30N2O3/c1-17-11-12-19(3)24(15-17)27(32)22-9-7-8-10-23(22)28(33)30(6)16-25(31)29-26-20(4)13-18(2)14-21(26)5/h7-15H,16H2,1-6H3,(H,29,31). The monoisotopic (exact) mass is 442 g/mol. The molecule has 0 radical (unpaired) electrons. The van der Waals surface area contributed by atoms with Crippen LogP contribution in [0.3, 0.4) is 0 Å². The Labute approximate surface area is 195 Å². The number of nitrogens with zero attached hydrogens (tertiary/aromatic N) is 1. The third-order valence-corrected chi connectivity index (χ3v) is 5.71. The van der Waals surface area contributed by atoms with Crippen molar-refractivity contribution < 1.29 is 14.4 Å². The van der Waals surface area contributed by atoms with Crippen LogP contribution in [0.1, 0.15) is 54.1 Å². The van der Waals surface area contributed by atoms with Gasteiger partial charge in [0.2, 0.25) is 5.91 Å². The smallest absolute Gasteiger partial charge is 0.254 e. The Morgan fingerprint density at radius 2 is 1.33 bits per heavy atom. The number of likely N-dealkylation sites (N-methyl/N-ethyl adjacent to an activating group) is 1. The lowest BCUT2D eigenvalue weighted by molar-refractivity contribution is -0.116. The molecule has 0 saturated carbocycles. The molecule has 5 heteroatoms. The van der Waals surface area contributed by atoms with E-state index in [0.29, 0.717) is 11.1 Å². The molecule has 33 heavy (non-hydrogen) atoms. The highest BCUT2D eigenvalue weighted by molar-refractivity contribution is 6.16. The Morgan fingerprint density at radius 3 is 1.97 bits per heavy atom. The first-order valence-corrected chi connectivity index (χ1v) is 10.9. The summed E-state index contributed by atoms with van der Waals surface area (Å²) in [5.41, 5.74) is 6.83. The normalized spacial score (nSPS) is 10.6. The van der Waals surface area contributed by atoms with Gasteiger partial charge < -0.3 is 10.2 Å². The van der Waals surface area contributed by atoms with Crippen LogP contribution in [0.2, 0.25) is 0 Å². The van der Waals surface area contributed by atoms with Crippen LogP contribution < -0.4 is 5.32 Å². The molecule has 3 rings (SSSR count). The fourth-order valence-corrected chi connectivity index (χ4v) is 4.04. The maximum absolute atomic E-state index is 13.3. The first-order valence-electron chi connectivity index (χ1n) is 10.9. The summed E-state index contributed by atoms with van der Waals surface area (Å²) in [5.74, 6) is -0.875. The van der Waals surface area contributed by atoms with Crippen LogP contribution in [-0.2, 0) is 4.79 Å². The van der Waals surface area contributed by atoms with Crippen LogP contribution in [0.5, 0.6) is 0 Å². The molecule has 0 saturated heterocycles. The molecular formula is C28H30N2O3. The molecule has 3 aromatic rings. The van der Waals surface area contributed by atoms with Gasteiger partial charge in [-0.2, -0.15) is 0 Å². The van der Waals surface area contributed by atoms with Crippen molar-refractivity contribution in [2.45, 2.75) is 34.6 Å². The van der Waals surface area contributed by atoms with Crippen LogP contribution in [0, 0.1) is 34.6 Å². The predicted molar refractivity (Wildman–Crippen MR) is 132 cm³/mol. The van der Waals surface area contributed by atoms with Crippen molar-refractivity contribution in [1.82, 2.24) is 4.90 Å². The number of carbonyl (C=O) groups is 3. The van der Waals surface area contributed by atoms with Gasteiger partial charge in [0.15, 0.2) is 5.78 Å². The molecule has 170 valence electrons. The van der Waals surface area contributed by atoms with E-state index >= 15 is 0 Å². The second kappa shape index (κ2) is 9.82. The number of rotatable bonds is 6. The summed E-state index contributed by atoms with van der Waals surface area (Å²) in [5, 5.41) is 2.92. The Balaban J connectivity index is 1.81. The fraction of sp³-hybridized carbons (Fsp3) is 0.250. The molecule has 0 heterocycles. The Bertz CT molecular complexity index is 1220. The highest BCUT2D eigenvalue weighted by Gasteiger charge is 2.23. The molecule has 0 unspecified atom stereocenters. The Hall–Kier alpha value is -3.73. The van der Waals surface area contributed by atoms with E-state index in [1.807, 2.05) is 65.0 Å². The number of hydrogen-bond donors (Lipinski definition) is 1. The summed E-state index contributed by atoms with van der Waals surface area (Å²) in [7, 11) is 1.57. The average molecular weight is 443 g/mol. The van der Waals surface area contributed by atoms with Crippen molar-refractivity contribution in [3.05, 3.63) is 99.1 Å². The van der Waals surface area contributed by atoms with Gasteiger partial charge in [-0.05, 0) is 63.4 Å². The van der Waals surface area contributed by atoms with Crippen LogP contribution >= 0.6 is 0 Å². The molecule has 0 fully saturated rings. The molecule has 0 aliphatic heterocycles. The van der Waals surface area contributed by atoms with E-state index in [0.717, 1.165) is 33.5 Å². The maximum Gasteiger partial charge on any atom is 0.254 e. The molecular weight excluding hydrogens is 412 g/mol. The minimum atomic E-state index is -0.378. The molecule has 0 aliphatic carbocycles. The molecule has 5 nitrogen and oxygen atoms in total. The van der Waals surface area contributed by atoms with E-state index in [1.165, 1.54) is 4.90 Å². The first kappa shape index (κ1) is 23.9. The molecule has 1 N–H and O–H groups in total. The molecule has 0 bridgehead atoms. The molecule has 0 atom stereocenters. The van der Waals surface area contributed by atoms with Gasteiger partial charge in [-0.25, -0.2) is 0 Å². The SMILES string of the molecule is Cc1cc(C)c(NC(=O)CN(C)C(=O)c2ccccc2C(=O)c2cc(C)ccc2C)c(C)c1. The molecule has 3 aromatic carbocycles. The van der Waals surface area contributed by atoms with Crippen LogP contribution in [0.15, 0.2) is 54.6 Å². The lowest BCUT2D eigenvalue weighted by atomic mass is 9.94. The van der Waals surface area contributed by atoms with Gasteiger partial charge in [-0.3, -0.25) is 14.4 Å². The van der Waals surface area contributed by atoms with E-state index in [2.05, 4.69) is 5.32 Å². The van der Waals surface area contributed by atoms with Crippen LogP contribution in [0.25, 0.3) is 0 Å². The van der Waals surface area contributed by atoms with Gasteiger partial charge in [0.05, 0.1) is 12.1 Å². The Morgan fingerprint density at radius 1 is 0.727 bits per heavy atom. The average Bonchev–Trinajstić information content (AvgIpc) is 2.76. The molecule has 0 aromatic heterocycles. The van der Waals surface area contributed by atoms with Crippen LogP contribution in [0.4, 0.5) is 5.69 Å². The summed E-state index contributed by atoms with van der Waals surface area (Å²) in [4.78, 5) is 40.5. The van der Waals surface area contributed by atoms with E-state index in [1.54, 1.807) is 31.3 Å². The van der Waals surface area contributed by atoms with Crippen molar-refractivity contribution in [2.75, 3.05) is 18.9 Å². The summed E-state index contributed by atoms with van der Waals surface area (Å²) in [6.07, 6.45) is 0. The van der Waals surface area contributed by atoms with Gasteiger partial charge in [0.1, 0.15) is 0 Å². The summed E-state index contributed by atoms with van der Waals surface area (Å²) < 4.78 is 0. The number of amides is 2. The number of hydrogen-bond acceptors (Lipinski definition) is 3. The number of aryl methyl sites for hydroxylation is 5. The van der Waals surface area contributed by atoms with Crippen molar-refractivity contribution in [3.63, 3.8) is 0 Å². The molecule has 0 aliphatic rings. The van der Waals surface area contributed by atoms with Gasteiger partial charge in [0, 0.05) is 23.9 Å². The van der Waals surface area contributed by atoms with E-state index in [4.69, 9.17) is 0 Å². The quantitative estimate of drug-likeness (QED) is 0.536. The predicted octanol–water partition coefficient (Wildman–Crippen LogP) is 5.17. The highest BCUT2D eigenvalue weighted by Crippen LogP contribution is 2.22. The van der Waals surface area contributed by atoms with Crippen molar-refractivity contribution in [3.8, 4) is 0 Å². The second-order valence-electron chi connectivity index (χ2n) is 8.68. The third kappa shape index (κ3) is 5.37. The summed E-state index contributed by atoms with van der Waals surface area (Å²) >= 11 is 0. The highest BCUT2D eigenvalue weighted by atomic mass is 16.2. The largest absolute Gasteiger partial charge is 0.332 e. The summed E-state index contributed by atoms with van der Waals surface area (Å²) in [6.45, 7) is 9.58. The minimum absolute atomic E-state index is 0.127. The lowest BCUT2D eigenvalue weighted by Gasteiger charge is -2.20. The second-order valence-corrected chi connectivity index (χ2v) is 8.68. The maximum atomic E-state index is 13.3.